The molecule has 3 aromatic carbocycles. The third kappa shape index (κ3) is 4.55. The molecular weight excluding hydrogens is 428 g/mol. The molecule has 1 fully saturated rings. The molecule has 0 bridgehead atoms. The Bertz CT molecular complexity index is 1220. The van der Waals surface area contributed by atoms with Crippen LogP contribution < -0.4 is 15.0 Å². The molecule has 0 aliphatic carbocycles. The van der Waals surface area contributed by atoms with E-state index in [4.69, 9.17) is 16.3 Å². The second-order valence-corrected chi connectivity index (χ2v) is 7.57. The zero-order valence-electron chi connectivity index (χ0n) is 17.2. The number of halogens is 1. The molecule has 3 aromatic rings. The molecule has 32 heavy (non-hydrogen) atoms. The van der Waals surface area contributed by atoms with Gasteiger partial charge in [-0.15, -0.1) is 0 Å². The minimum atomic E-state index is -0.353. The highest BCUT2D eigenvalue weighted by molar-refractivity contribution is 6.32. The lowest BCUT2D eigenvalue weighted by atomic mass is 10.1. The highest BCUT2D eigenvalue weighted by atomic mass is 35.5. The first-order valence-electron chi connectivity index (χ1n) is 9.88. The number of hydrogen-bond donors (Lipinski definition) is 1. The molecule has 0 aromatic heterocycles. The summed E-state index contributed by atoms with van der Waals surface area (Å²) >= 11 is 5.99. The van der Waals surface area contributed by atoms with Gasteiger partial charge in [0.15, 0.2) is 0 Å². The third-order valence-electron chi connectivity index (χ3n) is 4.94. The van der Waals surface area contributed by atoms with Gasteiger partial charge in [-0.3, -0.25) is 14.4 Å². The van der Waals surface area contributed by atoms with Crippen LogP contribution in [0.15, 0.2) is 78.4 Å². The van der Waals surface area contributed by atoms with E-state index in [9.17, 15) is 14.4 Å². The van der Waals surface area contributed by atoms with E-state index in [1.54, 1.807) is 85.9 Å². The number of amides is 3. The van der Waals surface area contributed by atoms with Crippen molar-refractivity contribution >= 4 is 41.1 Å². The smallest absolute Gasteiger partial charge is 0.261 e. The zero-order valence-corrected chi connectivity index (χ0v) is 17.9. The number of anilines is 1. The van der Waals surface area contributed by atoms with Crippen molar-refractivity contribution in [3.8, 4) is 11.5 Å². The van der Waals surface area contributed by atoms with E-state index in [1.165, 1.54) is 0 Å². The van der Waals surface area contributed by atoms with Gasteiger partial charge in [-0.2, -0.15) is 0 Å². The molecule has 0 atom stereocenters. The second-order valence-electron chi connectivity index (χ2n) is 7.14. The van der Waals surface area contributed by atoms with Gasteiger partial charge >= 0.3 is 0 Å². The fourth-order valence-corrected chi connectivity index (χ4v) is 3.54. The quantitative estimate of drug-likeness (QED) is 0.449. The number of ether oxygens (including phenoxy) is 1. The van der Waals surface area contributed by atoms with Gasteiger partial charge in [-0.1, -0.05) is 29.8 Å². The molecule has 160 valence electrons. The molecule has 0 saturated carbocycles. The van der Waals surface area contributed by atoms with E-state index in [0.717, 1.165) is 10.5 Å². The van der Waals surface area contributed by atoms with E-state index in [2.05, 4.69) is 5.32 Å². The minimum Gasteiger partial charge on any atom is -0.457 e. The van der Waals surface area contributed by atoms with Crippen molar-refractivity contribution in [1.29, 1.82) is 0 Å². The number of benzene rings is 3. The van der Waals surface area contributed by atoms with Crippen LogP contribution in [0, 0.1) is 0 Å². The van der Waals surface area contributed by atoms with Gasteiger partial charge in [0.1, 0.15) is 11.5 Å². The highest BCUT2D eigenvalue weighted by Crippen LogP contribution is 2.29. The third-order valence-corrected chi connectivity index (χ3v) is 5.17. The summed E-state index contributed by atoms with van der Waals surface area (Å²) in [7, 11) is 1.58. The van der Waals surface area contributed by atoms with Crippen molar-refractivity contribution in [2.24, 2.45) is 0 Å². The predicted octanol–water partition coefficient (Wildman–Crippen LogP) is 4.84. The van der Waals surface area contributed by atoms with Gasteiger partial charge in [0, 0.05) is 23.2 Å². The summed E-state index contributed by atoms with van der Waals surface area (Å²) in [5, 5.41) is 3.03. The summed E-state index contributed by atoms with van der Waals surface area (Å²) in [5.74, 6) is 0.395. The SMILES string of the molecule is CNC(=O)c1ccc(Oc2ccc(/C=C3/CC(=O)N(c4cccc(Cl)c4)C3=O)cc2)cc1. The van der Waals surface area contributed by atoms with Gasteiger partial charge in [0.25, 0.3) is 11.8 Å². The molecule has 0 radical (unpaired) electrons. The van der Waals surface area contributed by atoms with Crippen LogP contribution in [0.2, 0.25) is 5.02 Å². The van der Waals surface area contributed by atoms with Crippen LogP contribution in [0.3, 0.4) is 0 Å². The lowest BCUT2D eigenvalue weighted by Gasteiger charge is -2.13. The van der Waals surface area contributed by atoms with Crippen LogP contribution in [-0.2, 0) is 9.59 Å². The van der Waals surface area contributed by atoms with Crippen molar-refractivity contribution in [1.82, 2.24) is 5.32 Å². The normalized spacial score (nSPS) is 14.7. The molecule has 1 saturated heterocycles. The first-order valence-corrected chi connectivity index (χ1v) is 10.3. The molecule has 7 heteroatoms. The van der Waals surface area contributed by atoms with E-state index < -0.39 is 0 Å². The predicted molar refractivity (Wildman–Crippen MR) is 123 cm³/mol. The average Bonchev–Trinajstić information content (AvgIpc) is 3.07. The standard InChI is InChI=1S/C25H19ClN2O4/c1-27-24(30)17-7-11-22(12-8-17)32-21-9-5-16(6-10-21)13-18-14-23(29)28(25(18)31)20-4-2-3-19(26)15-20/h2-13,15H,14H2,1H3,(H,27,30)/b18-13-. The Hall–Kier alpha value is -3.90. The lowest BCUT2D eigenvalue weighted by molar-refractivity contribution is -0.120. The minimum absolute atomic E-state index is 0.0291. The molecule has 4 rings (SSSR count). The number of rotatable bonds is 5. The van der Waals surface area contributed by atoms with Gasteiger partial charge in [0.05, 0.1) is 12.1 Å². The molecule has 0 unspecified atom stereocenters. The summed E-state index contributed by atoms with van der Waals surface area (Å²) in [6, 6.07) is 20.6. The Morgan fingerprint density at radius 2 is 1.66 bits per heavy atom. The van der Waals surface area contributed by atoms with Crippen LogP contribution in [-0.4, -0.2) is 24.8 Å². The van der Waals surface area contributed by atoms with Crippen molar-refractivity contribution in [3.63, 3.8) is 0 Å². The molecule has 1 heterocycles. The summed E-state index contributed by atoms with van der Waals surface area (Å²) in [4.78, 5) is 38.0. The maximum absolute atomic E-state index is 12.8. The van der Waals surface area contributed by atoms with E-state index in [1.807, 2.05) is 0 Å². The number of hydrogen-bond acceptors (Lipinski definition) is 4. The average molecular weight is 447 g/mol. The molecule has 1 aliphatic heterocycles. The highest BCUT2D eigenvalue weighted by Gasteiger charge is 2.34. The number of carbonyl (C=O) groups is 3. The molecule has 6 nitrogen and oxygen atoms in total. The Balaban J connectivity index is 1.47. The van der Waals surface area contributed by atoms with E-state index in [0.29, 0.717) is 33.3 Å². The number of carbonyl (C=O) groups excluding carboxylic acids is 3. The fraction of sp³-hybridized carbons (Fsp3) is 0.0800. The second kappa shape index (κ2) is 9.08. The maximum Gasteiger partial charge on any atom is 0.261 e. The Labute approximate surface area is 190 Å². The number of imide groups is 1. The molecular formula is C25H19ClN2O4. The van der Waals surface area contributed by atoms with Crippen LogP contribution >= 0.6 is 11.6 Å². The Morgan fingerprint density at radius 3 is 2.28 bits per heavy atom. The summed E-state index contributed by atoms with van der Waals surface area (Å²) in [6.45, 7) is 0. The molecule has 3 amide bonds. The number of nitrogens with zero attached hydrogens (tertiary/aromatic N) is 1. The maximum atomic E-state index is 12.8. The van der Waals surface area contributed by atoms with Crippen LogP contribution in [0.25, 0.3) is 6.08 Å². The van der Waals surface area contributed by atoms with Gasteiger partial charge in [-0.05, 0) is 66.2 Å². The lowest BCUT2D eigenvalue weighted by Crippen LogP contribution is -2.28. The first-order chi connectivity index (χ1) is 15.4. The van der Waals surface area contributed by atoms with Gasteiger partial charge < -0.3 is 10.1 Å². The molecule has 0 spiro atoms. The van der Waals surface area contributed by atoms with Crippen molar-refractivity contribution < 1.29 is 19.1 Å². The van der Waals surface area contributed by atoms with E-state index in [-0.39, 0.29) is 24.1 Å². The molecule has 1 aliphatic rings. The van der Waals surface area contributed by atoms with Crippen LogP contribution in [0.4, 0.5) is 5.69 Å². The summed E-state index contributed by atoms with van der Waals surface area (Å²) in [6.07, 6.45) is 1.73. The largest absolute Gasteiger partial charge is 0.457 e. The molecule has 1 N–H and O–H groups in total. The topological polar surface area (TPSA) is 75.7 Å². The van der Waals surface area contributed by atoms with Crippen molar-refractivity contribution in [2.75, 3.05) is 11.9 Å². The van der Waals surface area contributed by atoms with Crippen molar-refractivity contribution in [2.45, 2.75) is 6.42 Å². The first kappa shape index (κ1) is 21.3. The van der Waals surface area contributed by atoms with Crippen LogP contribution in [0.1, 0.15) is 22.3 Å². The Kier molecular flexibility index (Phi) is 6.05. The summed E-state index contributed by atoms with van der Waals surface area (Å²) in [5.41, 5.74) is 2.19. The Morgan fingerprint density at radius 1 is 1.00 bits per heavy atom. The fourth-order valence-electron chi connectivity index (χ4n) is 3.35. The number of nitrogens with one attached hydrogen (secondary N) is 1. The monoisotopic (exact) mass is 446 g/mol. The van der Waals surface area contributed by atoms with Crippen molar-refractivity contribution in [3.05, 3.63) is 94.5 Å². The summed E-state index contributed by atoms with van der Waals surface area (Å²) < 4.78 is 5.80. The van der Waals surface area contributed by atoms with E-state index >= 15 is 0 Å². The van der Waals surface area contributed by atoms with Gasteiger partial charge in [0.2, 0.25) is 5.91 Å². The zero-order chi connectivity index (χ0) is 22.7. The van der Waals surface area contributed by atoms with Crippen LogP contribution in [0.5, 0.6) is 11.5 Å². The van der Waals surface area contributed by atoms with Gasteiger partial charge in [-0.25, -0.2) is 4.90 Å².